The lowest BCUT2D eigenvalue weighted by Crippen LogP contribution is -2.64. The highest BCUT2D eigenvalue weighted by Crippen LogP contribution is 2.45. The highest BCUT2D eigenvalue weighted by atomic mass is 16.6. The third-order valence-electron chi connectivity index (χ3n) is 4.20. The Balaban J connectivity index is 2.53. The van der Waals surface area contributed by atoms with Crippen molar-refractivity contribution in [3.05, 3.63) is 24.0 Å². The fraction of sp³-hybridized carbons (Fsp3) is 0.562. The third kappa shape index (κ3) is 3.08. The first-order valence-corrected chi connectivity index (χ1v) is 7.44. The van der Waals surface area contributed by atoms with Gasteiger partial charge in [-0.15, -0.1) is 0 Å². The SMILES string of the molecule is COC(=O)/C=C(\OC)C1(OC(C)=O)CC2C=CC1N(C(=O)OC)C2. The molecule has 24 heavy (non-hydrogen) atoms. The van der Waals surface area contributed by atoms with Gasteiger partial charge >= 0.3 is 18.0 Å². The number of esters is 2. The summed E-state index contributed by atoms with van der Waals surface area (Å²) in [7, 11) is 3.89. The van der Waals surface area contributed by atoms with Gasteiger partial charge in [-0.1, -0.05) is 12.2 Å². The van der Waals surface area contributed by atoms with Crippen LogP contribution in [0.5, 0.6) is 0 Å². The molecule has 0 saturated carbocycles. The monoisotopic (exact) mass is 339 g/mol. The zero-order valence-electron chi connectivity index (χ0n) is 14.1. The van der Waals surface area contributed by atoms with Gasteiger partial charge < -0.3 is 18.9 Å². The molecule has 1 saturated heterocycles. The van der Waals surface area contributed by atoms with Crippen molar-refractivity contribution in [1.29, 1.82) is 0 Å². The van der Waals surface area contributed by atoms with Gasteiger partial charge in [0.15, 0.2) is 5.60 Å². The summed E-state index contributed by atoms with van der Waals surface area (Å²) in [6.07, 6.45) is 4.70. The fourth-order valence-electron chi connectivity index (χ4n) is 3.32. The Morgan fingerprint density at radius 1 is 1.12 bits per heavy atom. The van der Waals surface area contributed by atoms with Crippen LogP contribution >= 0.6 is 0 Å². The van der Waals surface area contributed by atoms with Crippen LogP contribution < -0.4 is 0 Å². The molecule has 3 unspecified atom stereocenters. The molecule has 2 heterocycles. The number of fused-ring (bicyclic) bond motifs is 2. The Morgan fingerprint density at radius 2 is 1.83 bits per heavy atom. The Kier molecular flexibility index (Phi) is 5.16. The highest BCUT2D eigenvalue weighted by molar-refractivity contribution is 5.83. The molecule has 3 rings (SSSR count). The topological polar surface area (TPSA) is 91.4 Å². The average Bonchev–Trinajstić information content (AvgIpc) is 2.58. The molecule has 0 spiro atoms. The smallest absolute Gasteiger partial charge is 0.410 e. The van der Waals surface area contributed by atoms with Gasteiger partial charge in [0.1, 0.15) is 11.8 Å². The molecule has 3 atom stereocenters. The Morgan fingerprint density at radius 3 is 2.33 bits per heavy atom. The van der Waals surface area contributed by atoms with Gasteiger partial charge in [0.05, 0.1) is 27.4 Å². The van der Waals surface area contributed by atoms with Crippen molar-refractivity contribution in [2.75, 3.05) is 27.9 Å². The lowest BCUT2D eigenvalue weighted by Gasteiger charge is -2.52. The van der Waals surface area contributed by atoms with Gasteiger partial charge in [0.2, 0.25) is 0 Å². The number of ether oxygens (including phenoxy) is 4. The van der Waals surface area contributed by atoms with E-state index >= 15 is 0 Å². The predicted molar refractivity (Wildman–Crippen MR) is 81.8 cm³/mol. The molecule has 8 nitrogen and oxygen atoms in total. The zero-order chi connectivity index (χ0) is 17.9. The number of piperidine rings is 1. The van der Waals surface area contributed by atoms with E-state index in [-0.39, 0.29) is 11.7 Å². The molecule has 0 aromatic carbocycles. The molecule has 1 fully saturated rings. The van der Waals surface area contributed by atoms with Crippen LogP contribution in [0.25, 0.3) is 0 Å². The van der Waals surface area contributed by atoms with E-state index in [1.807, 2.05) is 6.08 Å². The molecule has 1 aliphatic carbocycles. The number of methoxy groups -OCH3 is 3. The van der Waals surface area contributed by atoms with Gasteiger partial charge in [-0.05, 0) is 5.92 Å². The maximum atomic E-state index is 12.1. The summed E-state index contributed by atoms with van der Waals surface area (Å²) in [5.74, 6) is -1.14. The van der Waals surface area contributed by atoms with Gasteiger partial charge in [-0.25, -0.2) is 9.59 Å². The van der Waals surface area contributed by atoms with E-state index in [9.17, 15) is 14.4 Å². The summed E-state index contributed by atoms with van der Waals surface area (Å²) >= 11 is 0. The molecule has 8 heteroatoms. The first-order valence-electron chi connectivity index (χ1n) is 7.44. The number of carbonyl (C=O) groups is 3. The van der Waals surface area contributed by atoms with Crippen molar-refractivity contribution in [2.45, 2.75) is 25.0 Å². The average molecular weight is 339 g/mol. The second-order valence-corrected chi connectivity index (χ2v) is 5.64. The highest BCUT2D eigenvalue weighted by Gasteiger charge is 2.56. The van der Waals surface area contributed by atoms with E-state index < -0.39 is 29.7 Å². The number of hydrogen-bond acceptors (Lipinski definition) is 7. The summed E-state index contributed by atoms with van der Waals surface area (Å²) in [5, 5.41) is 0. The van der Waals surface area contributed by atoms with E-state index in [4.69, 9.17) is 14.2 Å². The molecule has 0 radical (unpaired) electrons. The zero-order valence-corrected chi connectivity index (χ0v) is 14.1. The summed E-state index contributed by atoms with van der Waals surface area (Å²) in [6.45, 7) is 1.70. The van der Waals surface area contributed by atoms with Crippen LogP contribution in [0.2, 0.25) is 0 Å². The second kappa shape index (κ2) is 6.94. The van der Waals surface area contributed by atoms with Gasteiger partial charge in [-0.3, -0.25) is 9.69 Å². The Bertz CT molecular complexity index is 597. The summed E-state index contributed by atoms with van der Waals surface area (Å²) < 4.78 is 20.4. The molecular formula is C16H21NO7. The lowest BCUT2D eigenvalue weighted by atomic mass is 9.72. The van der Waals surface area contributed by atoms with Crippen LogP contribution in [-0.2, 0) is 28.5 Å². The number of rotatable bonds is 4. The molecular weight excluding hydrogens is 318 g/mol. The molecule has 2 bridgehead atoms. The van der Waals surface area contributed by atoms with E-state index in [2.05, 4.69) is 4.74 Å². The second-order valence-electron chi connectivity index (χ2n) is 5.64. The van der Waals surface area contributed by atoms with Crippen molar-refractivity contribution in [2.24, 2.45) is 5.92 Å². The van der Waals surface area contributed by atoms with Gasteiger partial charge in [-0.2, -0.15) is 0 Å². The minimum atomic E-state index is -1.30. The number of nitrogens with zero attached hydrogens (tertiary/aromatic N) is 1. The molecule has 1 amide bonds. The minimum Gasteiger partial charge on any atom is -0.496 e. The maximum Gasteiger partial charge on any atom is 0.410 e. The summed E-state index contributed by atoms with van der Waals surface area (Å²) in [5.41, 5.74) is -1.30. The number of carbonyl (C=O) groups excluding carboxylic acids is 3. The van der Waals surface area contributed by atoms with Crippen LogP contribution in [-0.4, -0.2) is 62.4 Å². The molecule has 3 aliphatic rings. The quantitative estimate of drug-likeness (QED) is 0.248. The van der Waals surface area contributed by atoms with Crippen molar-refractivity contribution in [1.82, 2.24) is 4.90 Å². The molecule has 0 aromatic rings. The van der Waals surface area contributed by atoms with Gasteiger partial charge in [0, 0.05) is 19.9 Å². The Hall–Kier alpha value is -2.51. The number of hydrogen-bond donors (Lipinski definition) is 0. The van der Waals surface area contributed by atoms with Crippen molar-refractivity contribution < 1.29 is 33.3 Å². The van der Waals surface area contributed by atoms with Crippen molar-refractivity contribution >= 4 is 18.0 Å². The molecule has 132 valence electrons. The van der Waals surface area contributed by atoms with E-state index in [1.54, 1.807) is 6.08 Å². The van der Waals surface area contributed by atoms with Crippen molar-refractivity contribution in [3.63, 3.8) is 0 Å². The largest absolute Gasteiger partial charge is 0.496 e. The van der Waals surface area contributed by atoms with E-state index in [1.165, 1.54) is 33.2 Å². The van der Waals surface area contributed by atoms with Crippen molar-refractivity contribution in [3.8, 4) is 0 Å². The minimum absolute atomic E-state index is 0.0651. The molecule has 2 aliphatic heterocycles. The maximum absolute atomic E-state index is 12.1. The van der Waals surface area contributed by atoms with E-state index in [0.717, 1.165) is 6.08 Å². The van der Waals surface area contributed by atoms with Crippen LogP contribution in [0.1, 0.15) is 13.3 Å². The summed E-state index contributed by atoms with van der Waals surface area (Å²) in [6, 6.07) is -0.644. The molecule has 0 N–H and O–H groups in total. The normalized spacial score (nSPS) is 28.3. The standard InChI is InChI=1S/C16H21NO7/c1-10(18)24-16(13(21-2)7-14(19)22-3)8-11-5-6-12(16)17(9-11)15(20)23-4/h5-7,11-12H,8-9H2,1-4H3/b13-7-. The van der Waals surface area contributed by atoms with Crippen LogP contribution in [0.4, 0.5) is 4.79 Å². The van der Waals surface area contributed by atoms with Crippen LogP contribution in [0.15, 0.2) is 24.0 Å². The summed E-state index contributed by atoms with van der Waals surface area (Å²) in [4.78, 5) is 37.0. The van der Waals surface area contributed by atoms with Crippen LogP contribution in [0, 0.1) is 5.92 Å². The first-order chi connectivity index (χ1) is 11.4. The van der Waals surface area contributed by atoms with E-state index in [0.29, 0.717) is 13.0 Å². The van der Waals surface area contributed by atoms with Crippen LogP contribution in [0.3, 0.4) is 0 Å². The fourth-order valence-corrected chi connectivity index (χ4v) is 3.32. The van der Waals surface area contributed by atoms with Gasteiger partial charge in [0.25, 0.3) is 0 Å². The first kappa shape index (κ1) is 17.8. The third-order valence-corrected chi connectivity index (χ3v) is 4.20. The number of amides is 1. The predicted octanol–water partition coefficient (Wildman–Crippen LogP) is 1.02. The lowest BCUT2D eigenvalue weighted by molar-refractivity contribution is -0.170. The Labute approximate surface area is 140 Å². The molecule has 0 aromatic heterocycles.